The minimum Gasteiger partial charge on any atom is -0.464 e. The second-order valence-corrected chi connectivity index (χ2v) is 7.79. The van der Waals surface area contributed by atoms with Gasteiger partial charge in [-0.15, -0.1) is 0 Å². The second-order valence-electron chi connectivity index (χ2n) is 7.79. The predicted molar refractivity (Wildman–Crippen MR) is 123 cm³/mol. The van der Waals surface area contributed by atoms with Gasteiger partial charge in [0.2, 0.25) is 0 Å². The van der Waals surface area contributed by atoms with Gasteiger partial charge in [-0.1, -0.05) is 84.9 Å². The van der Waals surface area contributed by atoms with E-state index >= 15 is 4.39 Å². The largest absolute Gasteiger partial charge is 0.464 e. The lowest BCUT2D eigenvalue weighted by Crippen LogP contribution is -2.15. The molecule has 3 heteroatoms. The van der Waals surface area contributed by atoms with Crippen molar-refractivity contribution in [3.05, 3.63) is 130 Å². The lowest BCUT2D eigenvalue weighted by Gasteiger charge is -2.17. The van der Waals surface area contributed by atoms with Crippen molar-refractivity contribution < 1.29 is 8.81 Å². The molecule has 0 saturated carbocycles. The van der Waals surface area contributed by atoms with Crippen molar-refractivity contribution in [2.75, 3.05) is 0 Å². The molecule has 1 unspecified atom stereocenters. The molecule has 0 fully saturated rings. The Labute approximate surface area is 177 Å². The van der Waals surface area contributed by atoms with Crippen LogP contribution in [0.25, 0.3) is 33.1 Å². The Bertz CT molecular complexity index is 1560. The molecule has 2 nitrogen and oxygen atoms in total. The number of halogens is 1. The summed E-state index contributed by atoms with van der Waals surface area (Å²) in [5.74, 6) is -0.817. The third-order valence-electron chi connectivity index (χ3n) is 6.12. The quantitative estimate of drug-likeness (QED) is 0.299. The zero-order valence-corrected chi connectivity index (χ0v) is 16.5. The van der Waals surface area contributed by atoms with E-state index in [0.717, 1.165) is 21.9 Å². The first-order valence-electron chi connectivity index (χ1n) is 10.2. The van der Waals surface area contributed by atoms with Crippen molar-refractivity contribution in [2.45, 2.75) is 5.92 Å². The van der Waals surface area contributed by atoms with Gasteiger partial charge in [-0.05, 0) is 28.0 Å². The fraction of sp³-hybridized carbons (Fsp3) is 0.0357. The highest BCUT2D eigenvalue weighted by Crippen LogP contribution is 2.50. The minimum absolute atomic E-state index is 0.124. The molecule has 31 heavy (non-hydrogen) atoms. The molecule has 0 radical (unpaired) electrons. The molecule has 5 aromatic rings. The molecule has 1 aliphatic carbocycles. The van der Waals surface area contributed by atoms with E-state index in [9.17, 15) is 4.79 Å². The van der Waals surface area contributed by atoms with Gasteiger partial charge >= 0.3 is 0 Å². The van der Waals surface area contributed by atoms with E-state index in [2.05, 4.69) is 0 Å². The first-order chi connectivity index (χ1) is 15.2. The smallest absolute Gasteiger partial charge is 0.197 e. The van der Waals surface area contributed by atoms with Crippen LogP contribution < -0.4 is 5.43 Å². The molecule has 1 aliphatic rings. The highest BCUT2D eigenvalue weighted by Gasteiger charge is 2.35. The summed E-state index contributed by atoms with van der Waals surface area (Å²) in [6, 6.07) is 28.3. The van der Waals surface area contributed by atoms with E-state index in [-0.39, 0.29) is 11.3 Å². The molecular formula is C28H17FO2. The van der Waals surface area contributed by atoms with Gasteiger partial charge in [0.05, 0.1) is 11.6 Å². The number of hydrogen-bond acceptors (Lipinski definition) is 2. The van der Waals surface area contributed by atoms with Gasteiger partial charge in [-0.2, -0.15) is 0 Å². The van der Waals surface area contributed by atoms with Crippen molar-refractivity contribution >= 4 is 33.1 Å². The van der Waals surface area contributed by atoms with Gasteiger partial charge in [0.25, 0.3) is 0 Å². The highest BCUT2D eigenvalue weighted by atomic mass is 19.1. The van der Waals surface area contributed by atoms with Crippen LogP contribution in [0.15, 0.2) is 106 Å². The number of allylic oxidation sites excluding steroid dienone is 1. The van der Waals surface area contributed by atoms with Crippen LogP contribution in [0.3, 0.4) is 0 Å². The summed E-state index contributed by atoms with van der Waals surface area (Å²) in [5, 5.41) is 2.34. The topological polar surface area (TPSA) is 30.2 Å². The molecule has 1 aromatic heterocycles. The molecule has 0 N–H and O–H groups in total. The molecule has 0 aliphatic heterocycles. The van der Waals surface area contributed by atoms with Crippen LogP contribution >= 0.6 is 0 Å². The molecular weight excluding hydrogens is 387 g/mol. The maximum atomic E-state index is 15.6. The Hall–Kier alpha value is -3.98. The summed E-state index contributed by atoms with van der Waals surface area (Å²) in [5.41, 5.74) is 3.44. The van der Waals surface area contributed by atoms with Crippen LogP contribution in [-0.2, 0) is 0 Å². The summed E-state index contributed by atoms with van der Waals surface area (Å²) in [6.45, 7) is 0. The van der Waals surface area contributed by atoms with Gasteiger partial charge in [-0.3, -0.25) is 4.79 Å². The average molecular weight is 404 g/mol. The summed E-state index contributed by atoms with van der Waals surface area (Å²) < 4.78 is 21.6. The van der Waals surface area contributed by atoms with E-state index in [0.29, 0.717) is 27.7 Å². The Balaban J connectivity index is 1.69. The third kappa shape index (κ3) is 2.60. The zero-order chi connectivity index (χ0) is 20.9. The van der Waals surface area contributed by atoms with E-state index < -0.39 is 5.92 Å². The lowest BCUT2D eigenvalue weighted by atomic mass is 9.85. The second kappa shape index (κ2) is 6.78. The Morgan fingerprint density at radius 3 is 2.35 bits per heavy atom. The Kier molecular flexibility index (Phi) is 3.90. The molecule has 0 bridgehead atoms. The monoisotopic (exact) mass is 404 g/mol. The van der Waals surface area contributed by atoms with Crippen LogP contribution in [0.4, 0.5) is 4.39 Å². The van der Waals surface area contributed by atoms with E-state index in [1.165, 1.54) is 6.26 Å². The molecule has 0 saturated heterocycles. The maximum absolute atomic E-state index is 15.6. The van der Waals surface area contributed by atoms with Crippen molar-refractivity contribution in [1.82, 2.24) is 0 Å². The van der Waals surface area contributed by atoms with Gasteiger partial charge < -0.3 is 4.42 Å². The predicted octanol–water partition coefficient (Wildman–Crippen LogP) is 6.93. The van der Waals surface area contributed by atoms with Crippen molar-refractivity contribution in [1.29, 1.82) is 0 Å². The number of hydrogen-bond donors (Lipinski definition) is 0. The lowest BCUT2D eigenvalue weighted by molar-refractivity contribution is 0.593. The van der Waals surface area contributed by atoms with E-state index in [4.69, 9.17) is 4.42 Å². The molecule has 148 valence electrons. The van der Waals surface area contributed by atoms with E-state index in [1.54, 1.807) is 6.07 Å². The zero-order valence-electron chi connectivity index (χ0n) is 16.5. The summed E-state index contributed by atoms with van der Waals surface area (Å²) in [6.07, 6.45) is 1.50. The first-order valence-corrected chi connectivity index (χ1v) is 10.2. The number of rotatable bonds is 2. The van der Waals surface area contributed by atoms with Crippen LogP contribution in [0, 0.1) is 0 Å². The van der Waals surface area contributed by atoms with Crippen LogP contribution in [0.2, 0.25) is 0 Å². The molecule has 1 heterocycles. The molecule has 1 atom stereocenters. The van der Waals surface area contributed by atoms with Crippen molar-refractivity contribution in [3.63, 3.8) is 0 Å². The third-order valence-corrected chi connectivity index (χ3v) is 6.12. The standard InChI is InChI=1S/C28H17FO2/c29-27-21-13-7-6-12-20(21)25(24(27)18-9-2-1-3-10-18)22-16-31-23-15-14-17-8-4-5-11-19(17)26(23)28(22)30/h1-16,25H. The van der Waals surface area contributed by atoms with Crippen LogP contribution in [0.5, 0.6) is 0 Å². The van der Waals surface area contributed by atoms with Gasteiger partial charge in [-0.25, -0.2) is 4.39 Å². The van der Waals surface area contributed by atoms with Gasteiger partial charge in [0.15, 0.2) is 5.43 Å². The van der Waals surface area contributed by atoms with Gasteiger partial charge in [0, 0.05) is 22.6 Å². The average Bonchev–Trinajstić information content (AvgIpc) is 3.12. The number of fused-ring (bicyclic) bond motifs is 4. The molecule has 6 rings (SSSR count). The normalized spacial score (nSPS) is 15.6. The maximum Gasteiger partial charge on any atom is 0.197 e. The van der Waals surface area contributed by atoms with Crippen molar-refractivity contribution in [3.8, 4) is 0 Å². The fourth-order valence-corrected chi connectivity index (χ4v) is 4.72. The minimum atomic E-state index is -0.529. The molecule has 0 amide bonds. The number of benzene rings is 4. The van der Waals surface area contributed by atoms with E-state index in [1.807, 2.05) is 84.9 Å². The van der Waals surface area contributed by atoms with Crippen LogP contribution in [-0.4, -0.2) is 0 Å². The summed E-state index contributed by atoms with van der Waals surface area (Å²) in [4.78, 5) is 13.8. The first kappa shape index (κ1) is 17.8. The van der Waals surface area contributed by atoms with Crippen LogP contribution in [0.1, 0.15) is 28.2 Å². The highest BCUT2D eigenvalue weighted by molar-refractivity contribution is 6.06. The Morgan fingerprint density at radius 1 is 0.742 bits per heavy atom. The summed E-state index contributed by atoms with van der Waals surface area (Å²) in [7, 11) is 0. The fourth-order valence-electron chi connectivity index (χ4n) is 4.72. The summed E-state index contributed by atoms with van der Waals surface area (Å²) >= 11 is 0. The Morgan fingerprint density at radius 2 is 1.48 bits per heavy atom. The van der Waals surface area contributed by atoms with Gasteiger partial charge in [0.1, 0.15) is 11.4 Å². The van der Waals surface area contributed by atoms with Crippen molar-refractivity contribution in [2.24, 2.45) is 0 Å². The molecule has 4 aromatic carbocycles. The SMILES string of the molecule is O=c1c(C2C(c3ccccc3)=C(F)c3ccccc32)coc2ccc3ccccc3c12. The molecule has 0 spiro atoms.